The summed E-state index contributed by atoms with van der Waals surface area (Å²) < 4.78 is 32.3. The lowest BCUT2D eigenvalue weighted by Crippen LogP contribution is -2.30. The summed E-state index contributed by atoms with van der Waals surface area (Å²) >= 11 is -2.06. The molecule has 1 aliphatic carbocycles. The van der Waals surface area contributed by atoms with Gasteiger partial charge in [0.2, 0.25) is 0 Å². The molecule has 0 amide bonds. The molecule has 0 saturated carbocycles. The lowest BCUT2D eigenvalue weighted by molar-refractivity contribution is 0.329. The van der Waals surface area contributed by atoms with E-state index in [-0.39, 0.29) is 18.3 Å². The Balaban J connectivity index is 1.87. The van der Waals surface area contributed by atoms with Crippen molar-refractivity contribution in [3.8, 4) is 0 Å². The molecule has 94 valence electrons. The number of aryl methyl sites for hydroxylation is 1. The fourth-order valence-electron chi connectivity index (χ4n) is 2.25. The average Bonchev–Trinajstić information content (AvgIpc) is 2.69. The van der Waals surface area contributed by atoms with E-state index in [9.17, 15) is 8.60 Å². The van der Waals surface area contributed by atoms with E-state index in [2.05, 4.69) is 17.4 Å². The Labute approximate surface area is 103 Å². The highest BCUT2D eigenvalue weighted by Crippen LogP contribution is 2.30. The van der Waals surface area contributed by atoms with Crippen LogP contribution in [0.5, 0.6) is 0 Å². The van der Waals surface area contributed by atoms with E-state index in [0.29, 0.717) is 0 Å². The first kappa shape index (κ1) is 12.7. The van der Waals surface area contributed by atoms with Crippen LogP contribution in [-0.4, -0.2) is 27.2 Å². The van der Waals surface area contributed by atoms with Gasteiger partial charge in [-0.15, -0.1) is 0 Å². The molecule has 0 saturated heterocycles. The maximum atomic E-state index is 13.3. The van der Waals surface area contributed by atoms with Crippen LogP contribution in [0.15, 0.2) is 24.3 Å². The third-order valence-electron chi connectivity index (χ3n) is 3.04. The number of benzene rings is 1. The third kappa shape index (κ3) is 3.34. The van der Waals surface area contributed by atoms with Crippen LogP contribution in [0.25, 0.3) is 0 Å². The molecular formula is C12H16FNO2S. The molecule has 5 heteroatoms. The van der Waals surface area contributed by atoms with Crippen LogP contribution in [0.2, 0.25) is 0 Å². The molecule has 0 aromatic heterocycles. The van der Waals surface area contributed by atoms with E-state index in [1.807, 2.05) is 12.1 Å². The van der Waals surface area contributed by atoms with Crippen molar-refractivity contribution in [3.05, 3.63) is 35.4 Å². The molecule has 0 fully saturated rings. The maximum absolute atomic E-state index is 13.3. The lowest BCUT2D eigenvalue weighted by atomic mass is 10.1. The Kier molecular flexibility index (Phi) is 4.25. The summed E-state index contributed by atoms with van der Waals surface area (Å²) in [7, 11) is 0. The Morgan fingerprint density at radius 2 is 2.29 bits per heavy atom. The van der Waals surface area contributed by atoms with Crippen LogP contribution in [0.3, 0.4) is 0 Å². The molecule has 1 aromatic rings. The maximum Gasteiger partial charge on any atom is 0.155 e. The van der Waals surface area contributed by atoms with Crippen LogP contribution in [0.1, 0.15) is 23.6 Å². The number of fused-ring (bicyclic) bond motifs is 1. The molecular weight excluding hydrogens is 241 g/mol. The Bertz CT molecular complexity index is 413. The van der Waals surface area contributed by atoms with Gasteiger partial charge in [-0.2, -0.15) is 0 Å². The Morgan fingerprint density at radius 3 is 3.06 bits per heavy atom. The van der Waals surface area contributed by atoms with Crippen LogP contribution in [0, 0.1) is 0 Å². The second kappa shape index (κ2) is 5.71. The van der Waals surface area contributed by atoms with E-state index in [0.717, 1.165) is 12.8 Å². The van der Waals surface area contributed by atoms with E-state index in [1.165, 1.54) is 11.1 Å². The Hall–Kier alpha value is -0.780. The summed E-state index contributed by atoms with van der Waals surface area (Å²) in [4.78, 5) is 0. The fraction of sp³-hybridized carbons (Fsp3) is 0.500. The van der Waals surface area contributed by atoms with Gasteiger partial charge in [-0.1, -0.05) is 24.3 Å². The number of nitrogens with one attached hydrogen (secondary N) is 1. The largest absolute Gasteiger partial charge is 0.307 e. The topological polar surface area (TPSA) is 49.3 Å². The van der Waals surface area contributed by atoms with Gasteiger partial charge in [0.25, 0.3) is 0 Å². The minimum Gasteiger partial charge on any atom is -0.307 e. The molecule has 0 bridgehead atoms. The van der Waals surface area contributed by atoms with Crippen molar-refractivity contribution >= 4 is 11.1 Å². The van der Waals surface area contributed by atoms with Crippen molar-refractivity contribution in [2.24, 2.45) is 0 Å². The normalized spacial score (nSPS) is 22.1. The summed E-state index contributed by atoms with van der Waals surface area (Å²) in [5, 5.41) is 3.12. The molecule has 0 spiro atoms. The molecule has 2 unspecified atom stereocenters. The highest BCUT2D eigenvalue weighted by Gasteiger charge is 2.22. The number of alkyl halides is 1. The van der Waals surface area contributed by atoms with E-state index >= 15 is 0 Å². The highest BCUT2D eigenvalue weighted by atomic mass is 32.2. The first-order valence-corrected chi connectivity index (χ1v) is 6.97. The van der Waals surface area contributed by atoms with Crippen molar-refractivity contribution < 1.29 is 13.2 Å². The first-order valence-electron chi connectivity index (χ1n) is 5.69. The zero-order chi connectivity index (χ0) is 12.3. The van der Waals surface area contributed by atoms with E-state index in [1.54, 1.807) is 0 Å². The number of hydrogen-bond donors (Lipinski definition) is 2. The number of hydrogen-bond acceptors (Lipinski definition) is 2. The van der Waals surface area contributed by atoms with Crippen molar-refractivity contribution in [1.82, 2.24) is 5.32 Å². The molecule has 2 N–H and O–H groups in total. The van der Waals surface area contributed by atoms with Gasteiger partial charge in [0.15, 0.2) is 11.1 Å². The molecule has 2 rings (SSSR count). The minimum atomic E-state index is -2.06. The van der Waals surface area contributed by atoms with Crippen LogP contribution in [-0.2, 0) is 17.5 Å². The fourth-order valence-corrected chi connectivity index (χ4v) is 2.68. The highest BCUT2D eigenvalue weighted by molar-refractivity contribution is 7.79. The quantitative estimate of drug-likeness (QED) is 0.791. The van der Waals surface area contributed by atoms with Gasteiger partial charge >= 0.3 is 0 Å². The predicted octanol–water partition coefficient (Wildman–Crippen LogP) is 1.82. The van der Waals surface area contributed by atoms with Crippen LogP contribution < -0.4 is 5.32 Å². The standard InChI is InChI=1S/C12H16FNO2S/c13-10(8-17(15)16)7-14-12-6-5-9-3-1-2-4-11(9)12/h1-4,10,12,14H,5-8H2,(H,15,16)/t10?,12-/m1/s1. The average molecular weight is 257 g/mol. The summed E-state index contributed by atoms with van der Waals surface area (Å²) in [5.74, 6) is -0.318. The van der Waals surface area contributed by atoms with Crippen molar-refractivity contribution in [1.29, 1.82) is 0 Å². The van der Waals surface area contributed by atoms with Crippen molar-refractivity contribution in [3.63, 3.8) is 0 Å². The van der Waals surface area contributed by atoms with Gasteiger partial charge in [0.05, 0.1) is 5.75 Å². The van der Waals surface area contributed by atoms with Crippen LogP contribution in [0.4, 0.5) is 4.39 Å². The molecule has 17 heavy (non-hydrogen) atoms. The molecule has 3 nitrogen and oxygen atoms in total. The smallest absolute Gasteiger partial charge is 0.155 e. The van der Waals surface area contributed by atoms with Crippen molar-refractivity contribution in [2.45, 2.75) is 25.1 Å². The van der Waals surface area contributed by atoms with E-state index in [4.69, 9.17) is 4.55 Å². The minimum absolute atomic E-state index is 0.130. The molecule has 0 heterocycles. The van der Waals surface area contributed by atoms with Gasteiger partial charge in [0.1, 0.15) is 6.17 Å². The monoisotopic (exact) mass is 257 g/mol. The third-order valence-corrected chi connectivity index (χ3v) is 3.69. The Morgan fingerprint density at radius 1 is 1.53 bits per heavy atom. The molecule has 3 atom stereocenters. The van der Waals surface area contributed by atoms with Gasteiger partial charge in [-0.3, -0.25) is 0 Å². The van der Waals surface area contributed by atoms with Crippen molar-refractivity contribution in [2.75, 3.05) is 12.3 Å². The predicted molar refractivity (Wildman–Crippen MR) is 66.0 cm³/mol. The molecule has 1 aromatic carbocycles. The van der Waals surface area contributed by atoms with Gasteiger partial charge in [0, 0.05) is 12.6 Å². The van der Waals surface area contributed by atoms with Gasteiger partial charge < -0.3 is 9.87 Å². The number of rotatable bonds is 5. The summed E-state index contributed by atoms with van der Waals surface area (Å²) in [6.07, 6.45) is 0.707. The summed E-state index contributed by atoms with van der Waals surface area (Å²) in [6.45, 7) is 0.130. The second-order valence-corrected chi connectivity index (χ2v) is 5.26. The van der Waals surface area contributed by atoms with Crippen LogP contribution >= 0.6 is 0 Å². The second-order valence-electron chi connectivity index (χ2n) is 4.28. The SMILES string of the molecule is O=S(O)CC(F)CN[C@@H]1CCc2ccccc21. The summed E-state index contributed by atoms with van der Waals surface area (Å²) in [6, 6.07) is 8.31. The molecule has 0 aliphatic heterocycles. The van der Waals surface area contributed by atoms with Gasteiger partial charge in [-0.05, 0) is 24.0 Å². The van der Waals surface area contributed by atoms with E-state index < -0.39 is 17.3 Å². The first-order chi connectivity index (χ1) is 8.16. The summed E-state index contributed by atoms with van der Waals surface area (Å²) in [5.41, 5.74) is 2.54. The zero-order valence-corrected chi connectivity index (χ0v) is 10.3. The molecule has 1 aliphatic rings. The lowest BCUT2D eigenvalue weighted by Gasteiger charge is -2.15. The van der Waals surface area contributed by atoms with Gasteiger partial charge in [-0.25, -0.2) is 8.60 Å². The molecule has 0 radical (unpaired) electrons. The zero-order valence-electron chi connectivity index (χ0n) is 9.43. The number of halogens is 1.